The van der Waals surface area contributed by atoms with Gasteiger partial charge in [0.05, 0.1) is 35.5 Å². The van der Waals surface area contributed by atoms with Gasteiger partial charge in [0.25, 0.3) is 0 Å². The number of methoxy groups -OCH3 is 5. The summed E-state index contributed by atoms with van der Waals surface area (Å²) in [6.45, 7) is 1.73. The van der Waals surface area contributed by atoms with Crippen LogP contribution in [0, 0.1) is 5.92 Å². The molecule has 3 atom stereocenters. The van der Waals surface area contributed by atoms with Gasteiger partial charge in [0.1, 0.15) is 27.8 Å². The first kappa shape index (κ1) is 26.7. The zero-order valence-corrected chi connectivity index (χ0v) is 23.1. The van der Waals surface area contributed by atoms with E-state index in [0.717, 1.165) is 0 Å². The summed E-state index contributed by atoms with van der Waals surface area (Å²) >= 11 is 6.55. The highest BCUT2D eigenvalue weighted by atomic mass is 35.5. The standard InChI is InChI=1S/C28H28ClNO9/c1-12-7-15-22(14(9-21(31)30-15)13-8-17(35-3)18(36-4)10-16(13)34-2)26(32)28(12)27(33)23-19(37-5)11-20(38-6)24(29)25(23)39-28/h8,10-12,14H,7,9H2,1-6H3,(H,30,31)/t12-,14?,28+/m1/s1. The zero-order valence-electron chi connectivity index (χ0n) is 22.4. The number of nitrogens with one attached hydrogen (secondary N) is 1. The maximum absolute atomic E-state index is 14.5. The van der Waals surface area contributed by atoms with Gasteiger partial charge in [-0.25, -0.2) is 0 Å². The molecule has 0 radical (unpaired) electrons. The van der Waals surface area contributed by atoms with Crippen molar-refractivity contribution in [1.82, 2.24) is 5.32 Å². The van der Waals surface area contributed by atoms with Gasteiger partial charge in [-0.05, 0) is 12.5 Å². The fourth-order valence-corrected chi connectivity index (χ4v) is 6.05. The molecular formula is C28H28ClNO9. The minimum Gasteiger partial charge on any atom is -0.496 e. The molecule has 1 N–H and O–H groups in total. The normalized spacial score (nSPS) is 23.6. The molecule has 39 heavy (non-hydrogen) atoms. The fraction of sp³-hybridized carbons (Fsp3) is 0.393. The van der Waals surface area contributed by atoms with Gasteiger partial charge in [-0.15, -0.1) is 0 Å². The Morgan fingerprint density at radius 1 is 0.821 bits per heavy atom. The van der Waals surface area contributed by atoms with Gasteiger partial charge in [0, 0.05) is 47.2 Å². The van der Waals surface area contributed by atoms with Crippen molar-refractivity contribution in [3.8, 4) is 34.5 Å². The van der Waals surface area contributed by atoms with Crippen molar-refractivity contribution in [3.05, 3.63) is 45.6 Å². The van der Waals surface area contributed by atoms with Crippen LogP contribution in [0.1, 0.15) is 41.6 Å². The first-order valence-corrected chi connectivity index (χ1v) is 12.6. The predicted octanol–water partition coefficient (Wildman–Crippen LogP) is 3.86. The average molecular weight is 558 g/mol. The highest BCUT2D eigenvalue weighted by Crippen LogP contribution is 2.56. The minimum absolute atomic E-state index is 0.0298. The van der Waals surface area contributed by atoms with E-state index >= 15 is 0 Å². The lowest BCUT2D eigenvalue weighted by Gasteiger charge is -2.41. The largest absolute Gasteiger partial charge is 0.496 e. The fourth-order valence-electron chi connectivity index (χ4n) is 5.78. The van der Waals surface area contributed by atoms with E-state index < -0.39 is 29.0 Å². The van der Waals surface area contributed by atoms with Crippen molar-refractivity contribution in [2.75, 3.05) is 35.5 Å². The molecule has 10 nitrogen and oxygen atoms in total. The number of fused-ring (bicyclic) bond motifs is 1. The van der Waals surface area contributed by atoms with Crippen LogP contribution in [0.2, 0.25) is 5.02 Å². The van der Waals surface area contributed by atoms with E-state index in [9.17, 15) is 14.4 Å². The number of ether oxygens (including phenoxy) is 6. The Kier molecular flexibility index (Phi) is 6.62. The topological polar surface area (TPSA) is 119 Å². The Hall–Kier alpha value is -3.92. The van der Waals surface area contributed by atoms with Gasteiger partial charge < -0.3 is 33.7 Å². The summed E-state index contributed by atoms with van der Waals surface area (Å²) in [6, 6.07) is 4.80. The van der Waals surface area contributed by atoms with Crippen LogP contribution >= 0.6 is 11.6 Å². The van der Waals surface area contributed by atoms with Gasteiger partial charge in [-0.3, -0.25) is 14.4 Å². The van der Waals surface area contributed by atoms with E-state index in [2.05, 4.69) is 5.32 Å². The SMILES string of the molecule is COc1cc(OC)c(C2CC(=O)NC3=C2C(=O)[C@@]2(Oc4c(Cl)c(OC)cc(OC)c4C2=O)[C@H](C)C3)cc1OC. The molecule has 0 bridgehead atoms. The molecule has 11 heteroatoms. The number of allylic oxidation sites excluding steroid dienone is 1. The molecular weight excluding hydrogens is 530 g/mol. The Morgan fingerprint density at radius 2 is 1.41 bits per heavy atom. The van der Waals surface area contributed by atoms with Crippen LogP contribution < -0.4 is 33.7 Å². The van der Waals surface area contributed by atoms with Gasteiger partial charge in [-0.2, -0.15) is 0 Å². The van der Waals surface area contributed by atoms with Crippen molar-refractivity contribution < 1.29 is 42.8 Å². The Balaban J connectivity index is 1.69. The number of carbonyl (C=O) groups excluding carboxylic acids is 3. The molecule has 5 rings (SSSR count). The van der Waals surface area contributed by atoms with Crippen LogP contribution in [-0.2, 0) is 9.59 Å². The van der Waals surface area contributed by atoms with Crippen LogP contribution in [0.5, 0.6) is 34.5 Å². The van der Waals surface area contributed by atoms with Crippen molar-refractivity contribution in [2.24, 2.45) is 5.92 Å². The van der Waals surface area contributed by atoms with Crippen molar-refractivity contribution in [3.63, 3.8) is 0 Å². The molecule has 2 aromatic carbocycles. The van der Waals surface area contributed by atoms with E-state index in [-0.39, 0.29) is 52.2 Å². The Labute approximate surface area is 230 Å². The molecule has 0 saturated heterocycles. The molecule has 2 heterocycles. The van der Waals surface area contributed by atoms with Gasteiger partial charge >= 0.3 is 0 Å². The molecule has 1 spiro atoms. The molecule has 206 valence electrons. The van der Waals surface area contributed by atoms with Gasteiger partial charge in [0.2, 0.25) is 23.1 Å². The minimum atomic E-state index is -1.91. The van der Waals surface area contributed by atoms with Crippen LogP contribution in [-0.4, -0.2) is 58.6 Å². The first-order valence-electron chi connectivity index (χ1n) is 12.2. The Morgan fingerprint density at radius 3 is 2.03 bits per heavy atom. The number of ketones is 2. The zero-order chi connectivity index (χ0) is 28.2. The van der Waals surface area contributed by atoms with E-state index in [4.69, 9.17) is 40.0 Å². The van der Waals surface area contributed by atoms with Crippen LogP contribution in [0.4, 0.5) is 0 Å². The number of Topliss-reactive ketones (excluding diaryl/α,β-unsaturated/α-hetero) is 2. The van der Waals surface area contributed by atoms with Crippen LogP contribution in [0.25, 0.3) is 0 Å². The highest BCUT2D eigenvalue weighted by Gasteiger charge is 2.63. The monoisotopic (exact) mass is 557 g/mol. The summed E-state index contributed by atoms with van der Waals surface area (Å²) in [6.07, 6.45) is 0.148. The number of rotatable bonds is 6. The lowest BCUT2D eigenvalue weighted by Crippen LogP contribution is -2.59. The number of benzene rings is 2. The van der Waals surface area contributed by atoms with Crippen LogP contribution in [0.15, 0.2) is 29.5 Å². The van der Waals surface area contributed by atoms with Crippen molar-refractivity contribution in [2.45, 2.75) is 31.3 Å². The molecule has 0 aromatic heterocycles. The summed E-state index contributed by atoms with van der Waals surface area (Å²) in [5.41, 5.74) is -0.585. The maximum Gasteiger partial charge on any atom is 0.236 e. The molecule has 2 aliphatic heterocycles. The van der Waals surface area contributed by atoms with Gasteiger partial charge in [-0.1, -0.05) is 18.5 Å². The average Bonchev–Trinajstić information content (AvgIpc) is 3.25. The van der Waals surface area contributed by atoms with E-state index in [0.29, 0.717) is 28.5 Å². The van der Waals surface area contributed by atoms with E-state index in [1.807, 2.05) is 0 Å². The lowest BCUT2D eigenvalue weighted by molar-refractivity contribution is -0.131. The second-order valence-electron chi connectivity index (χ2n) is 9.55. The molecule has 2 aromatic rings. The third-order valence-corrected chi connectivity index (χ3v) is 8.03. The molecule has 0 saturated carbocycles. The third-order valence-electron chi connectivity index (χ3n) is 7.67. The number of carbonyl (C=O) groups is 3. The highest BCUT2D eigenvalue weighted by molar-refractivity contribution is 6.36. The number of amides is 1. The number of halogens is 1. The quantitative estimate of drug-likeness (QED) is 0.528. The smallest absolute Gasteiger partial charge is 0.236 e. The second kappa shape index (κ2) is 9.68. The van der Waals surface area contributed by atoms with Crippen molar-refractivity contribution in [1.29, 1.82) is 0 Å². The summed E-state index contributed by atoms with van der Waals surface area (Å²) in [4.78, 5) is 41.5. The molecule has 1 amide bonds. The molecule has 1 aliphatic carbocycles. The Bertz CT molecular complexity index is 1450. The van der Waals surface area contributed by atoms with Crippen molar-refractivity contribution >= 4 is 29.1 Å². The number of hydrogen-bond donors (Lipinski definition) is 1. The van der Waals surface area contributed by atoms with Crippen LogP contribution in [0.3, 0.4) is 0 Å². The summed E-state index contributed by atoms with van der Waals surface area (Å²) in [5, 5.41) is 2.91. The molecule has 0 fully saturated rings. The summed E-state index contributed by atoms with van der Waals surface area (Å²) in [7, 11) is 7.30. The van der Waals surface area contributed by atoms with Gasteiger partial charge in [0.15, 0.2) is 17.2 Å². The molecule has 1 unspecified atom stereocenters. The summed E-state index contributed by atoms with van der Waals surface area (Å²) in [5.74, 6) is -1.08. The molecule has 3 aliphatic rings. The second-order valence-corrected chi connectivity index (χ2v) is 9.92. The first-order chi connectivity index (χ1) is 18.7. The lowest BCUT2D eigenvalue weighted by atomic mass is 9.66. The van der Waals surface area contributed by atoms with E-state index in [1.54, 1.807) is 19.1 Å². The number of hydrogen-bond acceptors (Lipinski definition) is 9. The predicted molar refractivity (Wildman–Crippen MR) is 140 cm³/mol. The van der Waals surface area contributed by atoms with E-state index in [1.165, 1.54) is 41.6 Å². The maximum atomic E-state index is 14.5. The third kappa shape index (κ3) is 3.72. The summed E-state index contributed by atoms with van der Waals surface area (Å²) < 4.78 is 33.6.